The number of nitrogens with zero attached hydrogens (tertiary/aromatic N) is 1. The van der Waals surface area contributed by atoms with Gasteiger partial charge < -0.3 is 10.2 Å². The van der Waals surface area contributed by atoms with Gasteiger partial charge in [0.15, 0.2) is 11.6 Å². The predicted octanol–water partition coefficient (Wildman–Crippen LogP) is 3.00. The van der Waals surface area contributed by atoms with Crippen molar-refractivity contribution < 1.29 is 18.4 Å². The van der Waals surface area contributed by atoms with E-state index in [4.69, 9.17) is 0 Å². The molecule has 2 amide bonds. The normalized spacial score (nSPS) is 21.7. The Morgan fingerprint density at radius 3 is 2.70 bits per heavy atom. The zero-order valence-corrected chi connectivity index (χ0v) is 13.4. The summed E-state index contributed by atoms with van der Waals surface area (Å²) >= 11 is 1.50. The molecule has 0 radical (unpaired) electrons. The molecule has 1 aromatic carbocycles. The summed E-state index contributed by atoms with van der Waals surface area (Å²) in [5.74, 6) is -1.61. The largest absolute Gasteiger partial charge is 0.322 e. The second kappa shape index (κ2) is 6.86. The zero-order valence-electron chi connectivity index (χ0n) is 12.6. The SMILES string of the molecule is O=C(Nc1cccc(F)c1F)[C@H]1CSCN1C(=O)C1CCCC1. The molecule has 1 atom stereocenters. The lowest BCUT2D eigenvalue weighted by Crippen LogP contribution is -2.46. The number of thioether (sulfide) groups is 1. The fourth-order valence-electron chi connectivity index (χ4n) is 3.10. The highest BCUT2D eigenvalue weighted by atomic mass is 32.2. The molecule has 2 fully saturated rings. The molecule has 1 aliphatic heterocycles. The van der Waals surface area contributed by atoms with Crippen molar-refractivity contribution in [3.63, 3.8) is 0 Å². The van der Waals surface area contributed by atoms with E-state index >= 15 is 0 Å². The molecule has 1 saturated heterocycles. The fourth-order valence-corrected chi connectivity index (χ4v) is 4.26. The number of anilines is 1. The lowest BCUT2D eigenvalue weighted by atomic mass is 10.1. The van der Waals surface area contributed by atoms with Gasteiger partial charge in [0.2, 0.25) is 11.8 Å². The summed E-state index contributed by atoms with van der Waals surface area (Å²) in [6.45, 7) is 0. The summed E-state index contributed by atoms with van der Waals surface area (Å²) in [4.78, 5) is 26.5. The highest BCUT2D eigenvalue weighted by Crippen LogP contribution is 2.31. The first-order valence-corrected chi connectivity index (χ1v) is 8.86. The Labute approximate surface area is 137 Å². The van der Waals surface area contributed by atoms with Gasteiger partial charge in [0.05, 0.1) is 11.6 Å². The Balaban J connectivity index is 1.70. The molecule has 0 bridgehead atoms. The molecular formula is C16H18F2N2O2S. The van der Waals surface area contributed by atoms with E-state index in [1.165, 1.54) is 23.9 Å². The minimum atomic E-state index is -1.08. The van der Waals surface area contributed by atoms with E-state index in [-0.39, 0.29) is 17.5 Å². The first-order valence-electron chi connectivity index (χ1n) is 7.71. The van der Waals surface area contributed by atoms with Crippen molar-refractivity contribution in [2.45, 2.75) is 31.7 Å². The third-order valence-electron chi connectivity index (χ3n) is 4.38. The van der Waals surface area contributed by atoms with Crippen LogP contribution in [0.3, 0.4) is 0 Å². The Hall–Kier alpha value is -1.63. The minimum absolute atomic E-state index is 0.00472. The molecule has 3 rings (SSSR count). The molecule has 1 heterocycles. The molecule has 0 aromatic heterocycles. The minimum Gasteiger partial charge on any atom is -0.322 e. The average molecular weight is 340 g/mol. The van der Waals surface area contributed by atoms with E-state index in [0.717, 1.165) is 31.7 Å². The Kier molecular flexibility index (Phi) is 4.84. The van der Waals surface area contributed by atoms with Crippen LogP contribution >= 0.6 is 11.8 Å². The van der Waals surface area contributed by atoms with Crippen LogP contribution in [0.2, 0.25) is 0 Å². The van der Waals surface area contributed by atoms with Crippen LogP contribution in [0.1, 0.15) is 25.7 Å². The van der Waals surface area contributed by atoms with E-state index < -0.39 is 23.6 Å². The molecule has 0 unspecified atom stereocenters. The third-order valence-corrected chi connectivity index (χ3v) is 5.39. The van der Waals surface area contributed by atoms with Gasteiger partial charge in [0, 0.05) is 11.7 Å². The second-order valence-corrected chi connectivity index (χ2v) is 6.90. The van der Waals surface area contributed by atoms with E-state index in [1.54, 1.807) is 4.90 Å². The van der Waals surface area contributed by atoms with E-state index in [9.17, 15) is 18.4 Å². The van der Waals surface area contributed by atoms with Crippen molar-refractivity contribution in [1.82, 2.24) is 4.90 Å². The molecule has 124 valence electrons. The van der Waals surface area contributed by atoms with Crippen LogP contribution in [-0.2, 0) is 9.59 Å². The molecule has 1 saturated carbocycles. The maximum atomic E-state index is 13.7. The lowest BCUT2D eigenvalue weighted by Gasteiger charge is -2.25. The number of rotatable bonds is 3. The van der Waals surface area contributed by atoms with Crippen LogP contribution in [0, 0.1) is 17.6 Å². The molecule has 1 N–H and O–H groups in total. The topological polar surface area (TPSA) is 49.4 Å². The first-order chi connectivity index (χ1) is 11.1. The molecule has 4 nitrogen and oxygen atoms in total. The van der Waals surface area contributed by atoms with Crippen LogP contribution in [-0.4, -0.2) is 34.4 Å². The van der Waals surface area contributed by atoms with Gasteiger partial charge in [0.25, 0.3) is 0 Å². The number of hydrogen-bond acceptors (Lipinski definition) is 3. The summed E-state index contributed by atoms with van der Waals surface area (Å²) in [6.07, 6.45) is 3.82. The summed E-state index contributed by atoms with van der Waals surface area (Å²) in [5.41, 5.74) is -0.194. The number of carbonyl (C=O) groups is 2. The van der Waals surface area contributed by atoms with Crippen LogP contribution in [0.4, 0.5) is 14.5 Å². The molecule has 0 spiro atoms. The van der Waals surface area contributed by atoms with Crippen LogP contribution in [0.5, 0.6) is 0 Å². The quantitative estimate of drug-likeness (QED) is 0.920. The van der Waals surface area contributed by atoms with Crippen LogP contribution in [0.15, 0.2) is 18.2 Å². The molecule has 1 aliphatic carbocycles. The number of amides is 2. The Bertz CT molecular complexity index is 620. The van der Waals surface area contributed by atoms with Crippen LogP contribution < -0.4 is 5.32 Å². The van der Waals surface area contributed by atoms with Gasteiger partial charge in [0.1, 0.15) is 6.04 Å². The lowest BCUT2D eigenvalue weighted by molar-refractivity contribution is -0.139. The highest BCUT2D eigenvalue weighted by molar-refractivity contribution is 7.99. The van der Waals surface area contributed by atoms with E-state index in [0.29, 0.717) is 11.6 Å². The zero-order chi connectivity index (χ0) is 16.4. The standard InChI is InChI=1S/C16H18F2N2O2S/c17-11-6-3-7-12(14(11)18)19-15(21)13-8-23-9-20(13)16(22)10-4-1-2-5-10/h3,6-7,10,13H,1-2,4-5,8-9H2,(H,19,21)/t13-/m1/s1. The first kappa shape index (κ1) is 16.2. The van der Waals surface area contributed by atoms with Crippen molar-refractivity contribution in [2.24, 2.45) is 5.92 Å². The van der Waals surface area contributed by atoms with Crippen molar-refractivity contribution in [1.29, 1.82) is 0 Å². The summed E-state index contributed by atoms with van der Waals surface area (Å²) in [6, 6.07) is 3.00. The van der Waals surface area contributed by atoms with Crippen LogP contribution in [0.25, 0.3) is 0 Å². The third kappa shape index (κ3) is 3.34. The van der Waals surface area contributed by atoms with Gasteiger partial charge in [-0.1, -0.05) is 18.9 Å². The smallest absolute Gasteiger partial charge is 0.248 e. The number of carbonyl (C=O) groups excluding carboxylic acids is 2. The number of hydrogen-bond donors (Lipinski definition) is 1. The van der Waals surface area contributed by atoms with Gasteiger partial charge >= 0.3 is 0 Å². The number of halogens is 2. The van der Waals surface area contributed by atoms with Gasteiger partial charge in [-0.3, -0.25) is 9.59 Å². The Morgan fingerprint density at radius 1 is 1.22 bits per heavy atom. The predicted molar refractivity (Wildman–Crippen MR) is 84.9 cm³/mol. The molecule has 23 heavy (non-hydrogen) atoms. The number of nitrogens with one attached hydrogen (secondary N) is 1. The van der Waals surface area contributed by atoms with Gasteiger partial charge in [-0.15, -0.1) is 11.8 Å². The fraction of sp³-hybridized carbons (Fsp3) is 0.500. The molecular weight excluding hydrogens is 322 g/mol. The molecule has 7 heteroatoms. The maximum Gasteiger partial charge on any atom is 0.248 e. The summed E-state index contributed by atoms with van der Waals surface area (Å²) in [5, 5.41) is 2.41. The monoisotopic (exact) mass is 340 g/mol. The highest BCUT2D eigenvalue weighted by Gasteiger charge is 2.38. The van der Waals surface area contributed by atoms with Crippen molar-refractivity contribution in [3.8, 4) is 0 Å². The second-order valence-electron chi connectivity index (χ2n) is 5.90. The summed E-state index contributed by atoms with van der Waals surface area (Å²) < 4.78 is 26.9. The van der Waals surface area contributed by atoms with E-state index in [1.807, 2.05) is 0 Å². The van der Waals surface area contributed by atoms with Crippen molar-refractivity contribution in [2.75, 3.05) is 16.9 Å². The van der Waals surface area contributed by atoms with Gasteiger partial charge in [-0.2, -0.15) is 0 Å². The molecule has 1 aromatic rings. The van der Waals surface area contributed by atoms with E-state index in [2.05, 4.69) is 5.32 Å². The average Bonchev–Trinajstić information content (AvgIpc) is 3.21. The van der Waals surface area contributed by atoms with Crippen molar-refractivity contribution in [3.05, 3.63) is 29.8 Å². The van der Waals surface area contributed by atoms with Crippen molar-refractivity contribution >= 4 is 29.3 Å². The van der Waals surface area contributed by atoms with Gasteiger partial charge in [-0.25, -0.2) is 8.78 Å². The van der Waals surface area contributed by atoms with Gasteiger partial charge in [-0.05, 0) is 25.0 Å². The maximum absolute atomic E-state index is 13.7. The Morgan fingerprint density at radius 2 is 1.96 bits per heavy atom. The summed E-state index contributed by atoms with van der Waals surface area (Å²) in [7, 11) is 0. The molecule has 2 aliphatic rings. The number of benzene rings is 1.